The molecule has 6 heteroatoms. The Morgan fingerprint density at radius 2 is 2.22 bits per heavy atom. The molecule has 4 rings (SSSR count). The standard InChI is InChI=1S/C17H20N4OS/c1-20(13-6-7-13)17-19-12(10-23-17)9-21-14-5-3-2-4-11(14)8-15(21)16(18)22/h2-5,10,13,15H,6-9H2,1H3,(H2,18,22)/t15-/m0/s1. The number of primary amides is 1. The summed E-state index contributed by atoms with van der Waals surface area (Å²) in [5.41, 5.74) is 8.90. The molecule has 1 aliphatic carbocycles. The second-order valence-electron chi connectivity index (χ2n) is 6.34. The van der Waals surface area contributed by atoms with E-state index in [1.54, 1.807) is 11.3 Å². The molecule has 5 nitrogen and oxygen atoms in total. The zero-order valence-corrected chi connectivity index (χ0v) is 13.9. The van der Waals surface area contributed by atoms with Crippen LogP contribution >= 0.6 is 11.3 Å². The van der Waals surface area contributed by atoms with Crippen LogP contribution in [0.15, 0.2) is 29.6 Å². The lowest BCUT2D eigenvalue weighted by Gasteiger charge is -2.24. The lowest BCUT2D eigenvalue weighted by molar-refractivity contribution is -0.119. The number of aromatic nitrogens is 1. The summed E-state index contributed by atoms with van der Waals surface area (Å²) in [5, 5.41) is 3.15. The first-order valence-electron chi connectivity index (χ1n) is 7.94. The van der Waals surface area contributed by atoms with E-state index in [0.717, 1.165) is 16.5 Å². The van der Waals surface area contributed by atoms with Gasteiger partial charge in [-0.25, -0.2) is 4.98 Å². The second kappa shape index (κ2) is 5.53. The third-order valence-electron chi connectivity index (χ3n) is 4.69. The van der Waals surface area contributed by atoms with E-state index in [2.05, 4.69) is 34.4 Å². The van der Waals surface area contributed by atoms with Crippen molar-refractivity contribution in [3.05, 3.63) is 40.9 Å². The molecule has 0 unspecified atom stereocenters. The van der Waals surface area contributed by atoms with Crippen LogP contribution in [0.4, 0.5) is 10.8 Å². The fraction of sp³-hybridized carbons (Fsp3) is 0.412. The molecule has 1 fully saturated rings. The lowest BCUT2D eigenvalue weighted by atomic mass is 10.1. The molecule has 1 saturated carbocycles. The molecule has 120 valence electrons. The maximum absolute atomic E-state index is 11.8. The minimum atomic E-state index is -0.279. The van der Waals surface area contributed by atoms with Crippen molar-refractivity contribution in [2.24, 2.45) is 5.73 Å². The molecule has 2 heterocycles. The number of para-hydroxylation sites is 1. The zero-order valence-electron chi connectivity index (χ0n) is 13.1. The normalized spacial score (nSPS) is 19.7. The summed E-state index contributed by atoms with van der Waals surface area (Å²) in [5.74, 6) is -0.272. The fourth-order valence-corrected chi connectivity index (χ4v) is 4.08. The molecule has 1 aromatic heterocycles. The Bertz CT molecular complexity index is 740. The van der Waals surface area contributed by atoms with E-state index < -0.39 is 0 Å². The lowest BCUT2D eigenvalue weighted by Crippen LogP contribution is -2.42. The van der Waals surface area contributed by atoms with Gasteiger partial charge in [0.2, 0.25) is 5.91 Å². The number of hydrogen-bond acceptors (Lipinski definition) is 5. The Labute approximate surface area is 139 Å². The first-order valence-corrected chi connectivity index (χ1v) is 8.82. The van der Waals surface area contributed by atoms with Crippen LogP contribution in [-0.2, 0) is 17.8 Å². The van der Waals surface area contributed by atoms with Crippen molar-refractivity contribution in [3.8, 4) is 0 Å². The number of carbonyl (C=O) groups is 1. The van der Waals surface area contributed by atoms with Crippen LogP contribution < -0.4 is 15.5 Å². The Hall–Kier alpha value is -2.08. The number of benzene rings is 1. The van der Waals surface area contributed by atoms with Gasteiger partial charge in [-0.1, -0.05) is 18.2 Å². The number of carbonyl (C=O) groups excluding carboxylic acids is 1. The third kappa shape index (κ3) is 2.67. The van der Waals surface area contributed by atoms with Crippen LogP contribution in [0, 0.1) is 0 Å². The third-order valence-corrected chi connectivity index (χ3v) is 5.67. The molecule has 1 aliphatic heterocycles. The molecule has 23 heavy (non-hydrogen) atoms. The van der Waals surface area contributed by atoms with Gasteiger partial charge in [-0.05, 0) is 24.5 Å². The van der Waals surface area contributed by atoms with Gasteiger partial charge in [-0.3, -0.25) is 4.79 Å². The molecule has 0 saturated heterocycles. The highest BCUT2D eigenvalue weighted by atomic mass is 32.1. The Morgan fingerprint density at radius 3 is 2.96 bits per heavy atom. The van der Waals surface area contributed by atoms with Gasteiger partial charge >= 0.3 is 0 Å². The average Bonchev–Trinajstić information content (AvgIpc) is 3.18. The van der Waals surface area contributed by atoms with Crippen molar-refractivity contribution < 1.29 is 4.79 Å². The van der Waals surface area contributed by atoms with Crippen molar-refractivity contribution in [3.63, 3.8) is 0 Å². The Morgan fingerprint density at radius 1 is 1.43 bits per heavy atom. The summed E-state index contributed by atoms with van der Waals surface area (Å²) in [6, 6.07) is 8.51. The number of nitrogens with zero attached hydrogens (tertiary/aromatic N) is 3. The molecule has 0 spiro atoms. The van der Waals surface area contributed by atoms with Crippen molar-refractivity contribution in [2.45, 2.75) is 37.9 Å². The number of thiazole rings is 1. The zero-order chi connectivity index (χ0) is 16.0. The summed E-state index contributed by atoms with van der Waals surface area (Å²) in [7, 11) is 2.11. The van der Waals surface area contributed by atoms with Gasteiger partial charge in [0.1, 0.15) is 6.04 Å². The summed E-state index contributed by atoms with van der Waals surface area (Å²) in [6.45, 7) is 0.625. The van der Waals surface area contributed by atoms with Crippen LogP contribution in [0.2, 0.25) is 0 Å². The van der Waals surface area contributed by atoms with Gasteiger partial charge < -0.3 is 15.5 Å². The first kappa shape index (κ1) is 14.5. The van der Waals surface area contributed by atoms with Gasteiger partial charge in [-0.2, -0.15) is 0 Å². The summed E-state index contributed by atoms with van der Waals surface area (Å²) in [6.07, 6.45) is 3.20. The van der Waals surface area contributed by atoms with Gasteiger partial charge in [0.15, 0.2) is 5.13 Å². The highest BCUT2D eigenvalue weighted by molar-refractivity contribution is 7.13. The quantitative estimate of drug-likeness (QED) is 0.913. The number of amides is 1. The van der Waals surface area contributed by atoms with E-state index in [0.29, 0.717) is 19.0 Å². The molecule has 1 atom stereocenters. The smallest absolute Gasteiger partial charge is 0.240 e. The molecule has 1 amide bonds. The summed E-state index contributed by atoms with van der Waals surface area (Å²) < 4.78 is 0. The summed E-state index contributed by atoms with van der Waals surface area (Å²) >= 11 is 1.67. The van der Waals surface area contributed by atoms with Crippen LogP contribution in [-0.4, -0.2) is 30.0 Å². The topological polar surface area (TPSA) is 62.5 Å². The van der Waals surface area contributed by atoms with Gasteiger partial charge in [0.25, 0.3) is 0 Å². The fourth-order valence-electron chi connectivity index (χ4n) is 3.22. The number of anilines is 2. The molecule has 1 aromatic carbocycles. The van der Waals surface area contributed by atoms with E-state index in [-0.39, 0.29) is 11.9 Å². The van der Waals surface area contributed by atoms with Crippen molar-refractivity contribution in [1.82, 2.24) is 4.98 Å². The highest BCUT2D eigenvalue weighted by Gasteiger charge is 2.33. The van der Waals surface area contributed by atoms with Crippen molar-refractivity contribution >= 4 is 28.1 Å². The monoisotopic (exact) mass is 328 g/mol. The van der Waals surface area contributed by atoms with E-state index >= 15 is 0 Å². The van der Waals surface area contributed by atoms with E-state index in [4.69, 9.17) is 10.7 Å². The van der Waals surface area contributed by atoms with Crippen LogP contribution in [0.5, 0.6) is 0 Å². The molecule has 2 aromatic rings. The van der Waals surface area contributed by atoms with E-state index in [1.165, 1.54) is 18.4 Å². The predicted molar refractivity (Wildman–Crippen MR) is 92.9 cm³/mol. The predicted octanol–water partition coefficient (Wildman–Crippen LogP) is 2.16. The summed E-state index contributed by atoms with van der Waals surface area (Å²) in [4.78, 5) is 20.9. The highest BCUT2D eigenvalue weighted by Crippen LogP contribution is 2.35. The first-order chi connectivity index (χ1) is 11.1. The van der Waals surface area contributed by atoms with E-state index in [1.807, 2.05) is 12.1 Å². The van der Waals surface area contributed by atoms with Crippen LogP contribution in [0.25, 0.3) is 0 Å². The molecule has 2 N–H and O–H groups in total. The van der Waals surface area contributed by atoms with Crippen molar-refractivity contribution in [2.75, 3.05) is 16.8 Å². The van der Waals surface area contributed by atoms with Crippen LogP contribution in [0.3, 0.4) is 0 Å². The number of fused-ring (bicyclic) bond motifs is 1. The van der Waals surface area contributed by atoms with Gasteiger partial charge in [0.05, 0.1) is 12.2 Å². The van der Waals surface area contributed by atoms with Gasteiger partial charge in [-0.15, -0.1) is 11.3 Å². The molecule has 2 aliphatic rings. The molecule has 0 radical (unpaired) electrons. The Balaban J connectivity index is 1.57. The Kier molecular flexibility index (Phi) is 3.49. The minimum absolute atomic E-state index is 0.272. The van der Waals surface area contributed by atoms with Gasteiger partial charge in [0, 0.05) is 30.6 Å². The molecular formula is C17H20N4OS. The largest absolute Gasteiger partial charge is 0.368 e. The van der Waals surface area contributed by atoms with Crippen LogP contribution in [0.1, 0.15) is 24.1 Å². The number of nitrogens with two attached hydrogens (primary N) is 1. The maximum Gasteiger partial charge on any atom is 0.240 e. The second-order valence-corrected chi connectivity index (χ2v) is 7.18. The van der Waals surface area contributed by atoms with E-state index in [9.17, 15) is 4.79 Å². The molecular weight excluding hydrogens is 308 g/mol. The number of hydrogen-bond donors (Lipinski definition) is 1. The molecule has 0 bridgehead atoms. The van der Waals surface area contributed by atoms with Crippen molar-refractivity contribution in [1.29, 1.82) is 0 Å². The average molecular weight is 328 g/mol. The minimum Gasteiger partial charge on any atom is -0.368 e. The maximum atomic E-state index is 11.8. The number of rotatable bonds is 5. The SMILES string of the molecule is CN(c1nc(CN2c3ccccc3C[C@H]2C(N)=O)cs1)C1CC1.